The third-order valence-corrected chi connectivity index (χ3v) is 2.92. The predicted octanol–water partition coefficient (Wildman–Crippen LogP) is 1.73. The van der Waals surface area contributed by atoms with Crippen LogP contribution in [0.3, 0.4) is 0 Å². The van der Waals surface area contributed by atoms with Crippen LogP contribution in [0.25, 0.3) is 0 Å². The van der Waals surface area contributed by atoms with Crippen molar-refractivity contribution in [3.05, 3.63) is 12.2 Å². The van der Waals surface area contributed by atoms with Crippen molar-refractivity contribution < 1.29 is 19.5 Å². The highest BCUT2D eigenvalue weighted by molar-refractivity contribution is 6.12. The first-order valence-electron chi connectivity index (χ1n) is 6.36. The van der Waals surface area contributed by atoms with E-state index in [1.54, 1.807) is 0 Å². The summed E-state index contributed by atoms with van der Waals surface area (Å²) in [6.07, 6.45) is 8.29. The van der Waals surface area contributed by atoms with Crippen LogP contribution in [0.4, 0.5) is 0 Å². The first-order valence-corrected chi connectivity index (χ1v) is 6.36. The number of rotatable bonds is 9. The van der Waals surface area contributed by atoms with Crippen LogP contribution in [0, 0.1) is 0 Å². The average Bonchev–Trinajstić information content (AvgIpc) is 2.63. The molecule has 5 heteroatoms. The summed E-state index contributed by atoms with van der Waals surface area (Å²) in [6, 6.07) is 0. The number of carboxylic acid groups (broad SMARTS) is 1. The van der Waals surface area contributed by atoms with Gasteiger partial charge in [-0.15, -0.1) is 0 Å². The lowest BCUT2D eigenvalue weighted by Crippen LogP contribution is -2.30. The minimum Gasteiger partial charge on any atom is -0.481 e. The topological polar surface area (TPSA) is 74.7 Å². The second-order valence-corrected chi connectivity index (χ2v) is 4.43. The molecule has 0 aromatic heterocycles. The average molecular weight is 253 g/mol. The maximum absolute atomic E-state index is 11.2. The number of carboxylic acids is 1. The Morgan fingerprint density at radius 2 is 1.44 bits per heavy atom. The van der Waals surface area contributed by atoms with E-state index in [2.05, 4.69) is 0 Å². The Hall–Kier alpha value is -1.65. The zero-order chi connectivity index (χ0) is 13.4. The Kier molecular flexibility index (Phi) is 6.11. The van der Waals surface area contributed by atoms with Crippen LogP contribution in [-0.2, 0) is 14.4 Å². The van der Waals surface area contributed by atoms with Gasteiger partial charge in [0.15, 0.2) is 0 Å². The third-order valence-electron chi connectivity index (χ3n) is 2.92. The van der Waals surface area contributed by atoms with Gasteiger partial charge >= 0.3 is 5.97 Å². The molecule has 18 heavy (non-hydrogen) atoms. The normalized spacial score (nSPS) is 14.6. The lowest BCUT2D eigenvalue weighted by Gasteiger charge is -2.12. The first kappa shape index (κ1) is 14.4. The Balaban J connectivity index is 1.94. The largest absolute Gasteiger partial charge is 0.481 e. The van der Waals surface area contributed by atoms with Gasteiger partial charge in [-0.05, 0) is 12.8 Å². The summed E-state index contributed by atoms with van der Waals surface area (Å²) in [7, 11) is 0. The molecule has 0 aromatic rings. The summed E-state index contributed by atoms with van der Waals surface area (Å²) in [5.74, 6) is -1.18. The van der Waals surface area contributed by atoms with Gasteiger partial charge in [0.2, 0.25) is 0 Å². The number of carbonyl (C=O) groups is 3. The molecule has 0 aromatic carbocycles. The van der Waals surface area contributed by atoms with Crippen LogP contribution < -0.4 is 0 Å². The number of aliphatic carboxylic acids is 1. The maximum atomic E-state index is 11.2. The second kappa shape index (κ2) is 7.63. The van der Waals surface area contributed by atoms with Gasteiger partial charge in [0, 0.05) is 25.1 Å². The zero-order valence-electron chi connectivity index (χ0n) is 10.4. The molecule has 100 valence electrons. The van der Waals surface area contributed by atoms with Gasteiger partial charge in [-0.2, -0.15) is 0 Å². The van der Waals surface area contributed by atoms with Crippen molar-refractivity contribution in [2.75, 3.05) is 6.54 Å². The standard InChI is InChI=1S/C13H19NO4/c15-11-8-9-12(16)14(11)10-6-4-2-1-3-5-7-13(17)18/h8-9H,1-7,10H2,(H,17,18). The highest BCUT2D eigenvalue weighted by Crippen LogP contribution is 2.10. The fraction of sp³-hybridized carbons (Fsp3) is 0.615. The molecule has 1 heterocycles. The van der Waals surface area contributed by atoms with Gasteiger partial charge < -0.3 is 5.11 Å². The van der Waals surface area contributed by atoms with E-state index in [1.807, 2.05) is 0 Å². The van der Waals surface area contributed by atoms with Crippen molar-refractivity contribution in [2.45, 2.75) is 44.9 Å². The minimum atomic E-state index is -0.742. The summed E-state index contributed by atoms with van der Waals surface area (Å²) < 4.78 is 0. The summed E-state index contributed by atoms with van der Waals surface area (Å²) in [6.45, 7) is 0.486. The van der Waals surface area contributed by atoms with Crippen molar-refractivity contribution in [1.82, 2.24) is 4.90 Å². The van der Waals surface area contributed by atoms with Gasteiger partial charge in [-0.25, -0.2) is 0 Å². The molecule has 1 aliphatic heterocycles. The number of hydrogen-bond acceptors (Lipinski definition) is 3. The molecule has 0 fully saturated rings. The molecule has 0 saturated carbocycles. The monoisotopic (exact) mass is 253 g/mol. The molecule has 1 N–H and O–H groups in total. The van der Waals surface area contributed by atoms with E-state index < -0.39 is 5.97 Å². The van der Waals surface area contributed by atoms with E-state index in [1.165, 1.54) is 17.1 Å². The zero-order valence-corrected chi connectivity index (χ0v) is 10.4. The fourth-order valence-corrected chi connectivity index (χ4v) is 1.90. The summed E-state index contributed by atoms with van der Waals surface area (Å²) in [5.41, 5.74) is 0. The number of carbonyl (C=O) groups excluding carboxylic acids is 2. The Morgan fingerprint density at radius 3 is 2.00 bits per heavy atom. The van der Waals surface area contributed by atoms with Crippen molar-refractivity contribution in [1.29, 1.82) is 0 Å². The molecular formula is C13H19NO4. The van der Waals surface area contributed by atoms with Crippen molar-refractivity contribution in [3.63, 3.8) is 0 Å². The predicted molar refractivity (Wildman–Crippen MR) is 65.8 cm³/mol. The molecule has 1 rings (SSSR count). The van der Waals surface area contributed by atoms with Gasteiger partial charge in [-0.1, -0.05) is 25.7 Å². The number of nitrogens with zero attached hydrogens (tertiary/aromatic N) is 1. The molecular weight excluding hydrogens is 234 g/mol. The van der Waals surface area contributed by atoms with E-state index in [-0.39, 0.29) is 18.2 Å². The van der Waals surface area contributed by atoms with Crippen LogP contribution in [-0.4, -0.2) is 34.3 Å². The highest BCUT2D eigenvalue weighted by atomic mass is 16.4. The van der Waals surface area contributed by atoms with Crippen LogP contribution in [0.15, 0.2) is 12.2 Å². The summed E-state index contributed by atoms with van der Waals surface area (Å²) in [4.78, 5) is 34.0. The van der Waals surface area contributed by atoms with Gasteiger partial charge in [0.05, 0.1) is 0 Å². The maximum Gasteiger partial charge on any atom is 0.303 e. The molecule has 0 saturated heterocycles. The van der Waals surface area contributed by atoms with E-state index in [9.17, 15) is 14.4 Å². The minimum absolute atomic E-state index is 0.221. The molecule has 2 amide bonds. The number of imide groups is 1. The Morgan fingerprint density at radius 1 is 0.944 bits per heavy atom. The number of amides is 2. The van der Waals surface area contributed by atoms with E-state index in [0.29, 0.717) is 6.54 Å². The number of hydrogen-bond donors (Lipinski definition) is 1. The van der Waals surface area contributed by atoms with Crippen molar-refractivity contribution in [2.24, 2.45) is 0 Å². The molecule has 0 atom stereocenters. The molecule has 0 bridgehead atoms. The summed E-state index contributed by atoms with van der Waals surface area (Å²) >= 11 is 0. The SMILES string of the molecule is O=C(O)CCCCCCCCN1C(=O)C=CC1=O. The smallest absolute Gasteiger partial charge is 0.303 e. The number of unbranched alkanes of at least 4 members (excludes halogenated alkanes) is 5. The Bertz CT molecular complexity index is 331. The van der Waals surface area contributed by atoms with E-state index >= 15 is 0 Å². The quantitative estimate of drug-likeness (QED) is 0.501. The van der Waals surface area contributed by atoms with Gasteiger partial charge in [-0.3, -0.25) is 19.3 Å². The first-order chi connectivity index (χ1) is 8.61. The molecule has 5 nitrogen and oxygen atoms in total. The van der Waals surface area contributed by atoms with E-state index in [4.69, 9.17) is 5.11 Å². The third kappa shape index (κ3) is 5.12. The lowest BCUT2D eigenvalue weighted by atomic mass is 10.1. The molecule has 0 spiro atoms. The van der Waals surface area contributed by atoms with Gasteiger partial charge in [0.1, 0.15) is 0 Å². The van der Waals surface area contributed by atoms with Crippen molar-refractivity contribution >= 4 is 17.8 Å². The van der Waals surface area contributed by atoms with Gasteiger partial charge in [0.25, 0.3) is 11.8 Å². The van der Waals surface area contributed by atoms with Crippen molar-refractivity contribution in [3.8, 4) is 0 Å². The highest BCUT2D eigenvalue weighted by Gasteiger charge is 2.21. The molecule has 0 unspecified atom stereocenters. The molecule has 0 radical (unpaired) electrons. The lowest BCUT2D eigenvalue weighted by molar-refractivity contribution is -0.138. The van der Waals surface area contributed by atoms with Crippen LogP contribution >= 0.6 is 0 Å². The molecule has 1 aliphatic rings. The summed E-state index contributed by atoms with van der Waals surface area (Å²) in [5, 5.41) is 8.45. The second-order valence-electron chi connectivity index (χ2n) is 4.43. The Labute approximate surface area is 106 Å². The van der Waals surface area contributed by atoms with E-state index in [0.717, 1.165) is 38.5 Å². The molecule has 0 aliphatic carbocycles. The fourth-order valence-electron chi connectivity index (χ4n) is 1.90. The van der Waals surface area contributed by atoms with Crippen LogP contribution in [0.1, 0.15) is 44.9 Å². The van der Waals surface area contributed by atoms with Crippen LogP contribution in [0.5, 0.6) is 0 Å². The van der Waals surface area contributed by atoms with Crippen LogP contribution in [0.2, 0.25) is 0 Å².